The molecule has 1 saturated heterocycles. The summed E-state index contributed by atoms with van der Waals surface area (Å²) in [5.74, 6) is 0.345. The number of aryl methyl sites for hydroxylation is 1. The summed E-state index contributed by atoms with van der Waals surface area (Å²) in [4.78, 5) is 28.3. The molecule has 0 aromatic carbocycles. The Morgan fingerprint density at radius 2 is 2.11 bits per heavy atom. The van der Waals surface area contributed by atoms with Crippen molar-refractivity contribution >= 4 is 11.9 Å². The monoisotopic (exact) mass is 374 g/mol. The second kappa shape index (κ2) is 7.14. The highest BCUT2D eigenvalue weighted by atomic mass is 16.2. The third-order valence-electron chi connectivity index (χ3n) is 6.27. The van der Waals surface area contributed by atoms with E-state index in [0.717, 1.165) is 63.3 Å². The predicted molar refractivity (Wildman–Crippen MR) is 101 cm³/mol. The van der Waals surface area contributed by atoms with E-state index in [9.17, 15) is 9.59 Å². The summed E-state index contributed by atoms with van der Waals surface area (Å²) in [6, 6.07) is 2.05. The smallest absolute Gasteiger partial charge is 0.319 e. The molecule has 1 aromatic rings. The van der Waals surface area contributed by atoms with E-state index in [2.05, 4.69) is 15.7 Å². The van der Waals surface area contributed by atoms with E-state index in [0.29, 0.717) is 13.1 Å². The van der Waals surface area contributed by atoms with Crippen molar-refractivity contribution in [3.8, 4) is 0 Å². The van der Waals surface area contributed by atoms with Crippen LogP contribution in [0.1, 0.15) is 37.1 Å². The summed E-state index contributed by atoms with van der Waals surface area (Å²) in [5.41, 5.74) is 2.17. The van der Waals surface area contributed by atoms with Gasteiger partial charge in [0.1, 0.15) is 0 Å². The summed E-state index contributed by atoms with van der Waals surface area (Å²) in [6.45, 7) is 4.63. The van der Waals surface area contributed by atoms with Gasteiger partial charge in [-0.1, -0.05) is 0 Å². The molecule has 3 aliphatic rings. The van der Waals surface area contributed by atoms with E-state index >= 15 is 0 Å². The van der Waals surface area contributed by atoms with Gasteiger partial charge in [0.2, 0.25) is 5.91 Å². The number of hydrogen-bond acceptors (Lipinski definition) is 4. The number of carbonyl (C=O) groups is 2. The van der Waals surface area contributed by atoms with Gasteiger partial charge in [0.05, 0.1) is 24.5 Å². The number of aromatic nitrogens is 2. The Hall–Kier alpha value is -2.09. The topological polar surface area (TPSA) is 82.5 Å². The molecule has 0 radical (unpaired) electrons. The predicted octanol–water partition coefficient (Wildman–Crippen LogP) is 0.776. The molecule has 3 amide bonds. The Kier molecular flexibility index (Phi) is 4.84. The van der Waals surface area contributed by atoms with Crippen molar-refractivity contribution in [2.75, 3.05) is 33.7 Å². The van der Waals surface area contributed by atoms with Crippen LogP contribution in [0.3, 0.4) is 0 Å². The van der Waals surface area contributed by atoms with Crippen LogP contribution in [0.5, 0.6) is 0 Å². The summed E-state index contributed by atoms with van der Waals surface area (Å²) < 4.78 is 1.98. The minimum Gasteiger partial charge on any atom is -0.350 e. The second-order valence-electron chi connectivity index (χ2n) is 8.39. The Bertz CT molecular complexity index is 722. The fourth-order valence-corrected chi connectivity index (χ4v) is 4.55. The fourth-order valence-electron chi connectivity index (χ4n) is 4.55. The highest BCUT2D eigenvalue weighted by Gasteiger charge is 2.57. The van der Waals surface area contributed by atoms with E-state index in [1.807, 2.05) is 15.6 Å². The SMILES string of the molecule is CN(C)C(=O)N1CCCn2nc(CNC(=O)C3CC34CCNCC4)cc2C1. The molecule has 1 aliphatic carbocycles. The van der Waals surface area contributed by atoms with Crippen LogP contribution in [0.4, 0.5) is 4.79 Å². The lowest BCUT2D eigenvalue weighted by atomic mass is 9.92. The molecular formula is C19H30N6O2. The van der Waals surface area contributed by atoms with Crippen LogP contribution in [0, 0.1) is 11.3 Å². The number of nitrogens with zero attached hydrogens (tertiary/aromatic N) is 4. The summed E-state index contributed by atoms with van der Waals surface area (Å²) in [7, 11) is 3.55. The minimum atomic E-state index is 0.0282. The standard InChI is InChI=1S/C19H30N6O2/c1-23(2)18(27)24-8-3-9-25-15(13-24)10-14(22-25)12-21-17(26)16-11-19(16)4-6-20-7-5-19/h10,16,20H,3-9,11-13H2,1-2H3,(H,21,26). The van der Waals surface area contributed by atoms with Crippen LogP contribution in [0.15, 0.2) is 6.07 Å². The van der Waals surface area contributed by atoms with Gasteiger partial charge < -0.3 is 20.4 Å². The Balaban J connectivity index is 1.34. The first-order valence-corrected chi connectivity index (χ1v) is 9.99. The number of carbonyl (C=O) groups excluding carboxylic acids is 2. The number of nitrogens with one attached hydrogen (secondary N) is 2. The normalized spacial score (nSPS) is 23.5. The highest BCUT2D eigenvalue weighted by Crippen LogP contribution is 2.58. The van der Waals surface area contributed by atoms with Crippen molar-refractivity contribution in [2.24, 2.45) is 11.3 Å². The summed E-state index contributed by atoms with van der Waals surface area (Å²) in [6.07, 6.45) is 4.14. The molecule has 2 N–H and O–H groups in total. The fraction of sp³-hybridized carbons (Fsp3) is 0.737. The maximum absolute atomic E-state index is 12.5. The van der Waals surface area contributed by atoms with Crippen LogP contribution in [0.25, 0.3) is 0 Å². The Morgan fingerprint density at radius 1 is 1.33 bits per heavy atom. The first kappa shape index (κ1) is 18.3. The third-order valence-corrected chi connectivity index (χ3v) is 6.27. The van der Waals surface area contributed by atoms with Crippen LogP contribution >= 0.6 is 0 Å². The van der Waals surface area contributed by atoms with E-state index in [4.69, 9.17) is 0 Å². The van der Waals surface area contributed by atoms with Crippen molar-refractivity contribution in [2.45, 2.75) is 45.3 Å². The average molecular weight is 374 g/mol. The molecular weight excluding hydrogens is 344 g/mol. The first-order chi connectivity index (χ1) is 13.0. The van der Waals surface area contributed by atoms with Crippen LogP contribution < -0.4 is 10.6 Å². The van der Waals surface area contributed by atoms with Gasteiger partial charge in [0.15, 0.2) is 0 Å². The van der Waals surface area contributed by atoms with Crippen LogP contribution in [0.2, 0.25) is 0 Å². The highest BCUT2D eigenvalue weighted by molar-refractivity contribution is 5.82. The lowest BCUT2D eigenvalue weighted by Gasteiger charge is -2.24. The molecule has 2 fully saturated rings. The maximum Gasteiger partial charge on any atom is 0.319 e. The molecule has 148 valence electrons. The van der Waals surface area contributed by atoms with E-state index in [-0.39, 0.29) is 23.3 Å². The lowest BCUT2D eigenvalue weighted by molar-refractivity contribution is -0.123. The summed E-state index contributed by atoms with van der Waals surface area (Å²) in [5, 5.41) is 11.1. The first-order valence-electron chi connectivity index (χ1n) is 9.99. The zero-order chi connectivity index (χ0) is 19.0. The van der Waals surface area contributed by atoms with Gasteiger partial charge in [-0.05, 0) is 50.3 Å². The second-order valence-corrected chi connectivity index (χ2v) is 8.39. The summed E-state index contributed by atoms with van der Waals surface area (Å²) >= 11 is 0. The number of amides is 3. The molecule has 1 atom stereocenters. The van der Waals surface area contributed by atoms with Gasteiger partial charge >= 0.3 is 6.03 Å². The lowest BCUT2D eigenvalue weighted by Crippen LogP contribution is -2.38. The Labute approximate surface area is 160 Å². The quantitative estimate of drug-likeness (QED) is 0.819. The molecule has 8 heteroatoms. The average Bonchev–Trinajstić information content (AvgIpc) is 3.27. The molecule has 1 saturated carbocycles. The van der Waals surface area contributed by atoms with Crippen molar-refractivity contribution in [1.29, 1.82) is 0 Å². The molecule has 27 heavy (non-hydrogen) atoms. The van der Waals surface area contributed by atoms with Gasteiger partial charge in [-0.25, -0.2) is 4.79 Å². The van der Waals surface area contributed by atoms with E-state index < -0.39 is 0 Å². The zero-order valence-corrected chi connectivity index (χ0v) is 16.3. The van der Waals surface area contributed by atoms with Gasteiger partial charge in [0.25, 0.3) is 0 Å². The van der Waals surface area contributed by atoms with E-state index in [1.165, 1.54) is 0 Å². The minimum absolute atomic E-state index is 0.0282. The Morgan fingerprint density at radius 3 is 2.85 bits per heavy atom. The molecule has 4 rings (SSSR count). The van der Waals surface area contributed by atoms with Crippen molar-refractivity contribution < 1.29 is 9.59 Å². The molecule has 3 heterocycles. The number of fused-ring (bicyclic) bond motifs is 1. The van der Waals surface area contributed by atoms with Gasteiger partial charge in [-0.3, -0.25) is 9.48 Å². The third kappa shape index (κ3) is 3.67. The number of piperidine rings is 1. The largest absolute Gasteiger partial charge is 0.350 e. The van der Waals surface area contributed by atoms with Crippen LogP contribution in [-0.2, 0) is 24.4 Å². The number of urea groups is 1. The van der Waals surface area contributed by atoms with Gasteiger partial charge in [0, 0.05) is 33.1 Å². The molecule has 8 nitrogen and oxygen atoms in total. The van der Waals surface area contributed by atoms with Gasteiger partial charge in [-0.15, -0.1) is 0 Å². The molecule has 1 unspecified atom stereocenters. The zero-order valence-electron chi connectivity index (χ0n) is 16.3. The number of hydrogen-bond donors (Lipinski definition) is 2. The van der Waals surface area contributed by atoms with Crippen molar-refractivity contribution in [3.63, 3.8) is 0 Å². The van der Waals surface area contributed by atoms with E-state index in [1.54, 1.807) is 19.0 Å². The van der Waals surface area contributed by atoms with Crippen LogP contribution in [-0.4, -0.2) is 65.2 Å². The number of rotatable bonds is 3. The molecule has 0 bridgehead atoms. The maximum atomic E-state index is 12.5. The molecule has 2 aliphatic heterocycles. The molecule has 1 aromatic heterocycles. The van der Waals surface area contributed by atoms with Gasteiger partial charge in [-0.2, -0.15) is 5.10 Å². The molecule has 1 spiro atoms. The van der Waals surface area contributed by atoms with Crippen molar-refractivity contribution in [1.82, 2.24) is 30.2 Å². The van der Waals surface area contributed by atoms with Crippen molar-refractivity contribution in [3.05, 3.63) is 17.5 Å².